The minimum absolute atomic E-state index is 0.00238. The van der Waals surface area contributed by atoms with Crippen molar-refractivity contribution in [3.8, 4) is 5.75 Å². The quantitative estimate of drug-likeness (QED) is 0.846. The lowest BCUT2D eigenvalue weighted by molar-refractivity contribution is -0.129. The van der Waals surface area contributed by atoms with Crippen LogP contribution in [0.5, 0.6) is 5.75 Å². The Bertz CT molecular complexity index is 593. The third kappa shape index (κ3) is 4.31. The second kappa shape index (κ2) is 6.88. The molecule has 0 aromatic heterocycles. The first-order chi connectivity index (χ1) is 10.1. The van der Waals surface area contributed by atoms with Gasteiger partial charge in [0.15, 0.2) is 0 Å². The van der Waals surface area contributed by atoms with Crippen LogP contribution in [0.25, 0.3) is 0 Å². The molecule has 110 valence electrons. The fourth-order valence-electron chi connectivity index (χ4n) is 2.00. The first-order valence-corrected chi connectivity index (χ1v) is 6.70. The molecular formula is C17H18FNO2. The highest BCUT2D eigenvalue weighted by Crippen LogP contribution is 2.13. The SMILES string of the molecule is COc1ccc(CN(C)C(=O)Cc2ccc(F)cc2)cc1. The Morgan fingerprint density at radius 1 is 1.05 bits per heavy atom. The highest BCUT2D eigenvalue weighted by atomic mass is 19.1. The standard InChI is InChI=1S/C17H18FNO2/c1-19(12-14-5-9-16(21-2)10-6-14)17(20)11-13-3-7-15(18)8-4-13/h3-10H,11-12H2,1-2H3. The van der Waals surface area contributed by atoms with Crippen molar-refractivity contribution < 1.29 is 13.9 Å². The lowest BCUT2D eigenvalue weighted by atomic mass is 10.1. The molecule has 21 heavy (non-hydrogen) atoms. The van der Waals surface area contributed by atoms with Crippen molar-refractivity contribution in [2.45, 2.75) is 13.0 Å². The number of hydrogen-bond donors (Lipinski definition) is 0. The normalized spacial score (nSPS) is 10.2. The van der Waals surface area contributed by atoms with Gasteiger partial charge in [0, 0.05) is 13.6 Å². The predicted molar refractivity (Wildman–Crippen MR) is 79.6 cm³/mol. The Balaban J connectivity index is 1.93. The highest BCUT2D eigenvalue weighted by molar-refractivity contribution is 5.78. The van der Waals surface area contributed by atoms with Crippen LogP contribution in [0.3, 0.4) is 0 Å². The lowest BCUT2D eigenvalue weighted by Gasteiger charge is -2.17. The van der Waals surface area contributed by atoms with E-state index in [1.165, 1.54) is 12.1 Å². The molecule has 0 aliphatic heterocycles. The summed E-state index contributed by atoms with van der Waals surface area (Å²) in [7, 11) is 3.38. The van der Waals surface area contributed by atoms with Gasteiger partial charge in [-0.25, -0.2) is 4.39 Å². The van der Waals surface area contributed by atoms with Crippen molar-refractivity contribution >= 4 is 5.91 Å². The Labute approximate surface area is 124 Å². The summed E-state index contributed by atoms with van der Waals surface area (Å²) >= 11 is 0. The molecule has 2 aromatic rings. The number of likely N-dealkylation sites (N-methyl/N-ethyl adjacent to an activating group) is 1. The van der Waals surface area contributed by atoms with Gasteiger partial charge in [-0.3, -0.25) is 4.79 Å². The number of methoxy groups -OCH3 is 1. The zero-order chi connectivity index (χ0) is 15.2. The maximum atomic E-state index is 12.8. The first kappa shape index (κ1) is 15.0. The average Bonchev–Trinajstić information content (AvgIpc) is 2.50. The molecule has 0 N–H and O–H groups in total. The molecule has 0 radical (unpaired) electrons. The lowest BCUT2D eigenvalue weighted by Crippen LogP contribution is -2.27. The van der Waals surface area contributed by atoms with Crippen LogP contribution in [0.2, 0.25) is 0 Å². The number of ether oxygens (including phenoxy) is 1. The Hall–Kier alpha value is -2.36. The summed E-state index contributed by atoms with van der Waals surface area (Å²) in [4.78, 5) is 13.8. The second-order valence-electron chi connectivity index (χ2n) is 4.90. The largest absolute Gasteiger partial charge is 0.497 e. The molecule has 4 heteroatoms. The van der Waals surface area contributed by atoms with Crippen molar-refractivity contribution in [2.75, 3.05) is 14.2 Å². The predicted octanol–water partition coefficient (Wildman–Crippen LogP) is 3.04. The Kier molecular flexibility index (Phi) is 4.93. The molecule has 0 aliphatic rings. The Morgan fingerprint density at radius 3 is 2.19 bits per heavy atom. The van der Waals surface area contributed by atoms with Crippen molar-refractivity contribution in [1.29, 1.82) is 0 Å². The zero-order valence-electron chi connectivity index (χ0n) is 12.2. The van der Waals surface area contributed by atoms with Gasteiger partial charge in [-0.15, -0.1) is 0 Å². The third-order valence-corrected chi connectivity index (χ3v) is 3.27. The molecule has 0 heterocycles. The summed E-state index contributed by atoms with van der Waals surface area (Å²) < 4.78 is 17.9. The van der Waals surface area contributed by atoms with E-state index in [2.05, 4.69) is 0 Å². The molecule has 0 saturated carbocycles. The molecule has 0 bridgehead atoms. The van der Waals surface area contributed by atoms with Gasteiger partial charge in [0.05, 0.1) is 13.5 Å². The molecule has 1 amide bonds. The van der Waals surface area contributed by atoms with Crippen molar-refractivity contribution in [3.63, 3.8) is 0 Å². The van der Waals surface area contributed by atoms with Gasteiger partial charge in [-0.05, 0) is 35.4 Å². The number of carbonyl (C=O) groups is 1. The first-order valence-electron chi connectivity index (χ1n) is 6.70. The minimum atomic E-state index is -0.294. The van der Waals surface area contributed by atoms with E-state index in [0.29, 0.717) is 6.54 Å². The van der Waals surface area contributed by atoms with Crippen LogP contribution in [0.4, 0.5) is 4.39 Å². The van der Waals surface area contributed by atoms with E-state index >= 15 is 0 Å². The molecule has 0 fully saturated rings. The van der Waals surface area contributed by atoms with E-state index in [0.717, 1.165) is 16.9 Å². The van der Waals surface area contributed by atoms with Gasteiger partial charge in [0.1, 0.15) is 11.6 Å². The monoisotopic (exact) mass is 287 g/mol. The van der Waals surface area contributed by atoms with Crippen LogP contribution < -0.4 is 4.74 Å². The summed E-state index contributed by atoms with van der Waals surface area (Å²) in [5, 5.41) is 0. The summed E-state index contributed by atoms with van der Waals surface area (Å²) in [6.07, 6.45) is 0.271. The van der Waals surface area contributed by atoms with Crippen LogP contribution in [0, 0.1) is 5.82 Å². The fourth-order valence-corrected chi connectivity index (χ4v) is 2.00. The smallest absolute Gasteiger partial charge is 0.227 e. The fraction of sp³-hybridized carbons (Fsp3) is 0.235. The van der Waals surface area contributed by atoms with Crippen molar-refractivity contribution in [2.24, 2.45) is 0 Å². The van der Waals surface area contributed by atoms with Gasteiger partial charge in [-0.2, -0.15) is 0 Å². The summed E-state index contributed by atoms with van der Waals surface area (Å²) in [5.74, 6) is 0.495. The summed E-state index contributed by atoms with van der Waals surface area (Å²) in [6, 6.07) is 13.6. The van der Waals surface area contributed by atoms with Crippen molar-refractivity contribution in [1.82, 2.24) is 4.90 Å². The van der Waals surface area contributed by atoms with Crippen LogP contribution >= 0.6 is 0 Å². The maximum Gasteiger partial charge on any atom is 0.227 e. The molecular weight excluding hydrogens is 269 g/mol. The van der Waals surface area contributed by atoms with E-state index < -0.39 is 0 Å². The molecule has 0 aliphatic carbocycles. The number of hydrogen-bond acceptors (Lipinski definition) is 2. The molecule has 2 aromatic carbocycles. The number of rotatable bonds is 5. The molecule has 0 unspecified atom stereocenters. The number of carbonyl (C=O) groups excluding carboxylic acids is 1. The van der Waals surface area contributed by atoms with Gasteiger partial charge in [-0.1, -0.05) is 24.3 Å². The average molecular weight is 287 g/mol. The minimum Gasteiger partial charge on any atom is -0.497 e. The van der Waals surface area contributed by atoms with Gasteiger partial charge < -0.3 is 9.64 Å². The number of nitrogens with zero attached hydrogens (tertiary/aromatic N) is 1. The highest BCUT2D eigenvalue weighted by Gasteiger charge is 2.10. The number of benzene rings is 2. The topological polar surface area (TPSA) is 29.5 Å². The van der Waals surface area contributed by atoms with E-state index in [9.17, 15) is 9.18 Å². The zero-order valence-corrected chi connectivity index (χ0v) is 12.2. The summed E-state index contributed by atoms with van der Waals surface area (Å²) in [5.41, 5.74) is 1.84. The van der Waals surface area contributed by atoms with E-state index in [1.54, 1.807) is 31.2 Å². The van der Waals surface area contributed by atoms with Crippen LogP contribution in [0.1, 0.15) is 11.1 Å². The number of amides is 1. The molecule has 3 nitrogen and oxygen atoms in total. The van der Waals surface area contributed by atoms with Crippen LogP contribution in [-0.4, -0.2) is 25.0 Å². The molecule has 0 saturated heterocycles. The van der Waals surface area contributed by atoms with Gasteiger partial charge in [0.25, 0.3) is 0 Å². The van der Waals surface area contributed by atoms with Crippen LogP contribution in [0.15, 0.2) is 48.5 Å². The van der Waals surface area contributed by atoms with E-state index in [-0.39, 0.29) is 18.1 Å². The molecule has 0 atom stereocenters. The maximum absolute atomic E-state index is 12.8. The third-order valence-electron chi connectivity index (χ3n) is 3.27. The molecule has 2 rings (SSSR count). The van der Waals surface area contributed by atoms with E-state index in [4.69, 9.17) is 4.74 Å². The Morgan fingerprint density at radius 2 is 1.62 bits per heavy atom. The van der Waals surface area contributed by atoms with Gasteiger partial charge >= 0.3 is 0 Å². The van der Waals surface area contributed by atoms with Gasteiger partial charge in [0.2, 0.25) is 5.91 Å². The summed E-state index contributed by atoms with van der Waals surface area (Å²) in [6.45, 7) is 0.532. The van der Waals surface area contributed by atoms with E-state index in [1.807, 2.05) is 24.3 Å². The molecule has 0 spiro atoms. The van der Waals surface area contributed by atoms with Crippen molar-refractivity contribution in [3.05, 3.63) is 65.5 Å². The second-order valence-corrected chi connectivity index (χ2v) is 4.90. The van der Waals surface area contributed by atoms with Crippen LogP contribution in [-0.2, 0) is 17.8 Å². The number of halogens is 1.